The number of nitrogens with zero attached hydrogens (tertiary/aromatic N) is 3. The smallest absolute Gasteiger partial charge is 0.411 e. The topological polar surface area (TPSA) is 107 Å². The molecule has 0 unspecified atom stereocenters. The maximum Gasteiger partial charge on any atom is 0.411 e. The number of esters is 1. The lowest BCUT2D eigenvalue weighted by Gasteiger charge is -2.14. The molecule has 0 spiro atoms. The van der Waals surface area contributed by atoms with Crippen LogP contribution in [0.25, 0.3) is 5.52 Å². The molecule has 0 aliphatic carbocycles. The highest BCUT2D eigenvalue weighted by Crippen LogP contribution is 2.26. The standard InChI is InChI=1S/C21H25N5O4/c1-6-29-19(27)17-10-16-11-22-25-20(26(16)14(17)5)24-18-9-15(8-7-13(18)4)23-21(28)30-12(2)3/h7-12H,6H2,1-5H3,(H,23,28)(H,24,25). The van der Waals surface area contributed by atoms with Gasteiger partial charge in [0.25, 0.3) is 0 Å². The summed E-state index contributed by atoms with van der Waals surface area (Å²) in [4.78, 5) is 24.1. The number of hydrogen-bond acceptors (Lipinski definition) is 7. The van der Waals surface area contributed by atoms with E-state index in [1.807, 2.05) is 19.9 Å². The van der Waals surface area contributed by atoms with Gasteiger partial charge in [-0.15, -0.1) is 5.10 Å². The number of nitrogens with one attached hydrogen (secondary N) is 2. The highest BCUT2D eigenvalue weighted by Gasteiger charge is 2.18. The van der Waals surface area contributed by atoms with E-state index in [1.165, 1.54) is 0 Å². The van der Waals surface area contributed by atoms with Crippen LogP contribution in [0.15, 0.2) is 30.5 Å². The molecule has 0 fully saturated rings. The van der Waals surface area contributed by atoms with E-state index in [2.05, 4.69) is 20.8 Å². The van der Waals surface area contributed by atoms with Crippen molar-refractivity contribution in [2.24, 2.45) is 0 Å². The van der Waals surface area contributed by atoms with Crippen LogP contribution in [0.2, 0.25) is 0 Å². The third-order valence-corrected chi connectivity index (χ3v) is 4.40. The van der Waals surface area contributed by atoms with Crippen LogP contribution in [0, 0.1) is 13.8 Å². The molecule has 9 nitrogen and oxygen atoms in total. The summed E-state index contributed by atoms with van der Waals surface area (Å²) in [6.07, 6.45) is 0.835. The van der Waals surface area contributed by atoms with Crippen LogP contribution in [0.4, 0.5) is 22.1 Å². The van der Waals surface area contributed by atoms with Gasteiger partial charge in [-0.2, -0.15) is 5.10 Å². The average Bonchev–Trinajstić information content (AvgIpc) is 3.02. The molecular weight excluding hydrogens is 386 g/mol. The van der Waals surface area contributed by atoms with Crippen molar-refractivity contribution < 1.29 is 19.1 Å². The maximum absolute atomic E-state index is 12.2. The maximum atomic E-state index is 12.2. The van der Waals surface area contributed by atoms with Crippen LogP contribution in [-0.2, 0) is 9.47 Å². The summed E-state index contributed by atoms with van der Waals surface area (Å²) >= 11 is 0. The first-order valence-electron chi connectivity index (χ1n) is 9.66. The Morgan fingerprint density at radius 3 is 2.67 bits per heavy atom. The number of anilines is 3. The molecule has 9 heteroatoms. The number of hydrogen-bond donors (Lipinski definition) is 2. The average molecular weight is 411 g/mol. The molecular formula is C21H25N5O4. The Kier molecular flexibility index (Phi) is 6.20. The fourth-order valence-corrected chi connectivity index (χ4v) is 3.01. The highest BCUT2D eigenvalue weighted by molar-refractivity contribution is 5.93. The molecule has 158 valence electrons. The van der Waals surface area contributed by atoms with Gasteiger partial charge in [0, 0.05) is 17.1 Å². The first kappa shape index (κ1) is 21.1. The lowest BCUT2D eigenvalue weighted by molar-refractivity contribution is 0.0525. The van der Waals surface area contributed by atoms with E-state index in [4.69, 9.17) is 9.47 Å². The third kappa shape index (κ3) is 4.51. The molecule has 1 amide bonds. The van der Waals surface area contributed by atoms with Crippen molar-refractivity contribution >= 4 is 34.9 Å². The zero-order valence-corrected chi connectivity index (χ0v) is 17.6. The van der Waals surface area contributed by atoms with Crippen molar-refractivity contribution in [3.63, 3.8) is 0 Å². The number of rotatable bonds is 6. The number of carbonyl (C=O) groups is 2. The molecule has 0 radical (unpaired) electrons. The van der Waals surface area contributed by atoms with E-state index in [0.717, 1.165) is 11.3 Å². The Balaban J connectivity index is 1.93. The summed E-state index contributed by atoms with van der Waals surface area (Å²) in [7, 11) is 0. The molecule has 2 heterocycles. The van der Waals surface area contributed by atoms with Crippen LogP contribution >= 0.6 is 0 Å². The highest BCUT2D eigenvalue weighted by atomic mass is 16.6. The minimum absolute atomic E-state index is 0.216. The Morgan fingerprint density at radius 2 is 1.97 bits per heavy atom. The van der Waals surface area contributed by atoms with Gasteiger partial charge in [-0.05, 0) is 58.4 Å². The molecule has 3 rings (SSSR count). The van der Waals surface area contributed by atoms with Crippen LogP contribution < -0.4 is 10.6 Å². The predicted octanol–water partition coefficient (Wildman–Crippen LogP) is 4.22. The summed E-state index contributed by atoms with van der Waals surface area (Å²) in [5, 5.41) is 14.2. The van der Waals surface area contributed by atoms with Crippen LogP contribution in [-0.4, -0.2) is 39.4 Å². The first-order valence-corrected chi connectivity index (χ1v) is 9.66. The predicted molar refractivity (Wildman–Crippen MR) is 113 cm³/mol. The molecule has 0 atom stereocenters. The second-order valence-corrected chi connectivity index (χ2v) is 7.03. The zero-order chi connectivity index (χ0) is 21.8. The second-order valence-electron chi connectivity index (χ2n) is 7.03. The molecule has 2 N–H and O–H groups in total. The lowest BCUT2D eigenvalue weighted by atomic mass is 10.2. The van der Waals surface area contributed by atoms with Gasteiger partial charge in [-0.3, -0.25) is 9.72 Å². The van der Waals surface area contributed by atoms with Crippen molar-refractivity contribution in [2.75, 3.05) is 17.2 Å². The van der Waals surface area contributed by atoms with Crippen molar-refractivity contribution in [1.82, 2.24) is 14.6 Å². The van der Waals surface area contributed by atoms with Gasteiger partial charge in [-0.1, -0.05) is 6.07 Å². The molecule has 0 aliphatic heterocycles. The van der Waals surface area contributed by atoms with Gasteiger partial charge in [-0.25, -0.2) is 9.59 Å². The summed E-state index contributed by atoms with van der Waals surface area (Å²) in [5.41, 5.74) is 4.09. The van der Waals surface area contributed by atoms with Crippen LogP contribution in [0.3, 0.4) is 0 Å². The summed E-state index contributed by atoms with van der Waals surface area (Å²) in [6, 6.07) is 7.16. The fourth-order valence-electron chi connectivity index (χ4n) is 3.01. The fraction of sp³-hybridized carbons (Fsp3) is 0.333. The molecule has 3 aromatic rings. The van der Waals surface area contributed by atoms with Gasteiger partial charge in [0.15, 0.2) is 0 Å². The molecule has 0 bridgehead atoms. The second kappa shape index (κ2) is 8.81. The minimum atomic E-state index is -0.526. The van der Waals surface area contributed by atoms with Gasteiger partial charge in [0.05, 0.1) is 30.0 Å². The van der Waals surface area contributed by atoms with Crippen LogP contribution in [0.5, 0.6) is 0 Å². The number of aryl methyl sites for hydroxylation is 2. The van der Waals surface area contributed by atoms with E-state index >= 15 is 0 Å². The van der Waals surface area contributed by atoms with E-state index in [9.17, 15) is 9.59 Å². The molecule has 0 saturated carbocycles. The van der Waals surface area contributed by atoms with E-state index in [0.29, 0.717) is 35.0 Å². The Morgan fingerprint density at radius 1 is 1.20 bits per heavy atom. The number of amides is 1. The van der Waals surface area contributed by atoms with Gasteiger partial charge in [0.1, 0.15) is 0 Å². The minimum Gasteiger partial charge on any atom is -0.462 e. The molecule has 0 saturated heterocycles. The number of benzene rings is 1. The molecule has 2 aromatic heterocycles. The SMILES string of the molecule is CCOC(=O)c1cc2cnnc(Nc3cc(NC(=O)OC(C)C)ccc3C)n2c1C. The van der Waals surface area contributed by atoms with E-state index < -0.39 is 12.1 Å². The normalized spacial score (nSPS) is 10.9. The Labute approximate surface area is 174 Å². The van der Waals surface area contributed by atoms with Gasteiger partial charge in [0.2, 0.25) is 5.95 Å². The summed E-state index contributed by atoms with van der Waals surface area (Å²) in [6.45, 7) is 9.37. The first-order chi connectivity index (χ1) is 14.3. The Bertz CT molecular complexity index is 1090. The number of fused-ring (bicyclic) bond motifs is 1. The van der Waals surface area contributed by atoms with Crippen molar-refractivity contribution in [1.29, 1.82) is 0 Å². The molecule has 1 aromatic carbocycles. The van der Waals surface area contributed by atoms with Crippen molar-refractivity contribution in [2.45, 2.75) is 40.7 Å². The van der Waals surface area contributed by atoms with Crippen LogP contribution in [0.1, 0.15) is 42.4 Å². The van der Waals surface area contributed by atoms with E-state index in [-0.39, 0.29) is 6.10 Å². The largest absolute Gasteiger partial charge is 0.462 e. The number of aromatic nitrogens is 3. The van der Waals surface area contributed by atoms with Gasteiger partial charge >= 0.3 is 12.1 Å². The Hall–Kier alpha value is -3.62. The van der Waals surface area contributed by atoms with Gasteiger partial charge < -0.3 is 14.8 Å². The summed E-state index contributed by atoms with van der Waals surface area (Å²) in [5.74, 6) is 0.0428. The molecule has 30 heavy (non-hydrogen) atoms. The number of ether oxygens (including phenoxy) is 2. The lowest BCUT2D eigenvalue weighted by Crippen LogP contribution is -2.18. The zero-order valence-electron chi connectivity index (χ0n) is 17.6. The van der Waals surface area contributed by atoms with E-state index in [1.54, 1.807) is 49.6 Å². The van der Waals surface area contributed by atoms with Crippen molar-refractivity contribution in [3.05, 3.63) is 47.3 Å². The number of carbonyl (C=O) groups excluding carboxylic acids is 2. The summed E-state index contributed by atoms with van der Waals surface area (Å²) < 4.78 is 12.0. The monoisotopic (exact) mass is 411 g/mol. The quantitative estimate of drug-likeness (QED) is 0.585. The molecule has 0 aliphatic rings. The van der Waals surface area contributed by atoms with Crippen molar-refractivity contribution in [3.8, 4) is 0 Å². The third-order valence-electron chi connectivity index (χ3n) is 4.40.